The van der Waals surface area contributed by atoms with E-state index in [0.717, 1.165) is 24.2 Å². The molecule has 0 radical (unpaired) electrons. The van der Waals surface area contributed by atoms with E-state index in [0.29, 0.717) is 19.4 Å². The number of piperidine rings is 1. The van der Waals surface area contributed by atoms with Gasteiger partial charge in [0.2, 0.25) is 5.78 Å². The van der Waals surface area contributed by atoms with Crippen molar-refractivity contribution in [1.82, 2.24) is 4.90 Å². The van der Waals surface area contributed by atoms with Crippen molar-refractivity contribution in [2.45, 2.75) is 65.3 Å². The number of likely N-dealkylation sites (tertiary alicyclic amines) is 1. The van der Waals surface area contributed by atoms with Gasteiger partial charge in [0.05, 0.1) is 7.11 Å². The van der Waals surface area contributed by atoms with E-state index < -0.39 is 29.1 Å². The molecule has 1 aromatic carbocycles. The number of ether oxygens (including phenoxy) is 1. The zero-order valence-electron chi connectivity index (χ0n) is 18.1. The minimum absolute atomic E-state index is 0.137. The molecule has 1 amide bonds. The predicted octanol–water partition coefficient (Wildman–Crippen LogP) is 3.89. The summed E-state index contributed by atoms with van der Waals surface area (Å²) in [6, 6.07) is 6.96. The molecular formula is C23H33NO5. The number of nitrogens with zero attached hydrogens (tertiary/aromatic N) is 1. The Bertz CT molecular complexity index is 735. The molecule has 1 aliphatic rings. The van der Waals surface area contributed by atoms with Crippen molar-refractivity contribution in [2.75, 3.05) is 13.7 Å². The van der Waals surface area contributed by atoms with Crippen LogP contribution in [0, 0.1) is 11.3 Å². The zero-order valence-corrected chi connectivity index (χ0v) is 18.1. The molecule has 0 bridgehead atoms. The van der Waals surface area contributed by atoms with Gasteiger partial charge < -0.3 is 14.7 Å². The maximum Gasteiger partial charge on any atom is 0.326 e. The van der Waals surface area contributed by atoms with Gasteiger partial charge >= 0.3 is 5.97 Å². The van der Waals surface area contributed by atoms with Crippen LogP contribution in [-0.4, -0.2) is 47.4 Å². The molecule has 6 nitrogen and oxygen atoms in total. The van der Waals surface area contributed by atoms with Gasteiger partial charge in [0.1, 0.15) is 11.8 Å². The van der Waals surface area contributed by atoms with Gasteiger partial charge in [0.15, 0.2) is 0 Å². The lowest BCUT2D eigenvalue weighted by Crippen LogP contribution is -2.54. The van der Waals surface area contributed by atoms with E-state index >= 15 is 0 Å². The predicted molar refractivity (Wildman–Crippen MR) is 111 cm³/mol. The summed E-state index contributed by atoms with van der Waals surface area (Å²) in [6.07, 6.45) is 2.97. The van der Waals surface area contributed by atoms with Crippen LogP contribution in [0.15, 0.2) is 24.3 Å². The van der Waals surface area contributed by atoms with Gasteiger partial charge in [-0.05, 0) is 48.8 Å². The molecule has 0 saturated carbocycles. The molecule has 0 spiro atoms. The molecule has 160 valence electrons. The van der Waals surface area contributed by atoms with Crippen molar-refractivity contribution >= 4 is 17.7 Å². The van der Waals surface area contributed by atoms with Gasteiger partial charge in [0, 0.05) is 12.0 Å². The number of methoxy groups -OCH3 is 1. The molecule has 1 aromatic rings. The second kappa shape index (κ2) is 9.42. The molecule has 1 fully saturated rings. The maximum atomic E-state index is 12.7. The second-order valence-electron chi connectivity index (χ2n) is 8.88. The first-order valence-corrected chi connectivity index (χ1v) is 10.3. The number of aliphatic carboxylic acids is 1. The average molecular weight is 404 g/mol. The highest BCUT2D eigenvalue weighted by molar-refractivity contribution is 6.38. The van der Waals surface area contributed by atoms with E-state index in [2.05, 4.69) is 6.92 Å². The number of rotatable bonds is 7. The van der Waals surface area contributed by atoms with Gasteiger partial charge in [-0.1, -0.05) is 46.2 Å². The lowest BCUT2D eigenvalue weighted by molar-refractivity contribution is -0.158. The first-order chi connectivity index (χ1) is 13.6. The standard InChI is InChI=1S/C23H33NO5/c1-6-7-18(15-8-10-17(29-5)11-9-15)16-12-13-24(19(14-16)22(27)28)21(26)20(25)23(2,3)4/h8-11,16,18-19H,6-7,12-14H2,1-5H3,(H,27,28). The average Bonchev–Trinajstić information content (AvgIpc) is 2.70. The lowest BCUT2D eigenvalue weighted by atomic mass is 9.75. The Kier molecular flexibility index (Phi) is 7.44. The fraction of sp³-hybridized carbons (Fsp3) is 0.609. The van der Waals surface area contributed by atoms with Crippen molar-refractivity contribution in [1.29, 1.82) is 0 Å². The van der Waals surface area contributed by atoms with E-state index in [1.54, 1.807) is 27.9 Å². The highest BCUT2D eigenvalue weighted by Crippen LogP contribution is 2.39. The molecular weight excluding hydrogens is 370 g/mol. The third-order valence-electron chi connectivity index (χ3n) is 5.78. The number of ketones is 1. The van der Waals surface area contributed by atoms with E-state index in [1.165, 1.54) is 4.90 Å². The van der Waals surface area contributed by atoms with Gasteiger partial charge in [-0.3, -0.25) is 9.59 Å². The number of amides is 1. The van der Waals surface area contributed by atoms with Crippen molar-refractivity contribution in [3.05, 3.63) is 29.8 Å². The Labute approximate surface area is 173 Å². The van der Waals surface area contributed by atoms with Crippen LogP contribution in [0.3, 0.4) is 0 Å². The summed E-state index contributed by atoms with van der Waals surface area (Å²) in [4.78, 5) is 38.4. The fourth-order valence-corrected chi connectivity index (χ4v) is 4.12. The summed E-state index contributed by atoms with van der Waals surface area (Å²) in [5.41, 5.74) is 0.331. The number of hydrogen-bond acceptors (Lipinski definition) is 4. The SMILES string of the molecule is CCCC(c1ccc(OC)cc1)C1CCN(C(=O)C(=O)C(C)(C)C)C(C(=O)O)C1. The number of carbonyl (C=O) groups is 3. The van der Waals surface area contributed by atoms with Crippen LogP contribution in [0.1, 0.15) is 64.9 Å². The van der Waals surface area contributed by atoms with Crippen LogP contribution in [0.25, 0.3) is 0 Å². The largest absolute Gasteiger partial charge is 0.497 e. The van der Waals surface area contributed by atoms with Crippen LogP contribution >= 0.6 is 0 Å². The first-order valence-electron chi connectivity index (χ1n) is 10.3. The van der Waals surface area contributed by atoms with Gasteiger partial charge in [-0.2, -0.15) is 0 Å². The topological polar surface area (TPSA) is 83.9 Å². The summed E-state index contributed by atoms with van der Waals surface area (Å²) in [6.45, 7) is 7.44. The number of benzene rings is 1. The van der Waals surface area contributed by atoms with Crippen LogP contribution in [0.4, 0.5) is 0 Å². The Morgan fingerprint density at radius 3 is 2.31 bits per heavy atom. The second-order valence-corrected chi connectivity index (χ2v) is 8.88. The minimum atomic E-state index is -1.05. The molecule has 1 N–H and O–H groups in total. The third-order valence-corrected chi connectivity index (χ3v) is 5.78. The number of carboxylic acids is 1. The van der Waals surface area contributed by atoms with Crippen LogP contribution in [-0.2, 0) is 14.4 Å². The third kappa shape index (κ3) is 5.37. The molecule has 0 aliphatic carbocycles. The quantitative estimate of drug-likeness (QED) is 0.699. The maximum absolute atomic E-state index is 12.7. The molecule has 3 atom stereocenters. The van der Waals surface area contributed by atoms with Gasteiger partial charge in [-0.25, -0.2) is 4.79 Å². The Balaban J connectivity index is 2.24. The zero-order chi connectivity index (χ0) is 21.8. The molecule has 29 heavy (non-hydrogen) atoms. The summed E-state index contributed by atoms with van der Waals surface area (Å²) in [5.74, 6) is -1.13. The molecule has 6 heteroatoms. The summed E-state index contributed by atoms with van der Waals surface area (Å²) < 4.78 is 5.24. The Morgan fingerprint density at radius 1 is 1.21 bits per heavy atom. The van der Waals surface area contributed by atoms with E-state index in [1.807, 2.05) is 24.3 Å². The molecule has 0 aromatic heterocycles. The van der Waals surface area contributed by atoms with Crippen molar-refractivity contribution in [2.24, 2.45) is 11.3 Å². The van der Waals surface area contributed by atoms with E-state index in [4.69, 9.17) is 4.74 Å². The minimum Gasteiger partial charge on any atom is -0.497 e. The summed E-state index contributed by atoms with van der Waals surface area (Å²) >= 11 is 0. The van der Waals surface area contributed by atoms with Crippen molar-refractivity contribution < 1.29 is 24.2 Å². The van der Waals surface area contributed by atoms with Crippen molar-refractivity contribution in [3.63, 3.8) is 0 Å². The number of carbonyl (C=O) groups excluding carboxylic acids is 2. The highest BCUT2D eigenvalue weighted by Gasteiger charge is 2.42. The monoisotopic (exact) mass is 403 g/mol. The van der Waals surface area contributed by atoms with Crippen LogP contribution in [0.2, 0.25) is 0 Å². The van der Waals surface area contributed by atoms with Crippen molar-refractivity contribution in [3.8, 4) is 5.75 Å². The first kappa shape index (κ1) is 22.9. The van der Waals surface area contributed by atoms with Crippen LogP contribution < -0.4 is 4.74 Å². The normalized spacial score (nSPS) is 20.8. The fourth-order valence-electron chi connectivity index (χ4n) is 4.12. The Morgan fingerprint density at radius 2 is 1.83 bits per heavy atom. The molecule has 3 unspecified atom stereocenters. The Hall–Kier alpha value is -2.37. The highest BCUT2D eigenvalue weighted by atomic mass is 16.5. The molecule has 1 saturated heterocycles. The molecule has 2 rings (SSSR count). The van der Waals surface area contributed by atoms with E-state index in [-0.39, 0.29) is 11.8 Å². The molecule has 1 aliphatic heterocycles. The van der Waals surface area contributed by atoms with E-state index in [9.17, 15) is 19.5 Å². The number of hydrogen-bond donors (Lipinski definition) is 1. The molecule has 1 heterocycles. The number of Topliss-reactive ketones (excluding diaryl/α,β-unsaturated/α-hetero) is 1. The smallest absolute Gasteiger partial charge is 0.326 e. The number of carboxylic acid groups (broad SMARTS) is 1. The lowest BCUT2D eigenvalue weighted by Gasteiger charge is -2.40. The summed E-state index contributed by atoms with van der Waals surface area (Å²) in [5, 5.41) is 9.79. The van der Waals surface area contributed by atoms with Gasteiger partial charge in [-0.15, -0.1) is 0 Å². The van der Waals surface area contributed by atoms with Gasteiger partial charge in [0.25, 0.3) is 5.91 Å². The van der Waals surface area contributed by atoms with Crippen LogP contribution in [0.5, 0.6) is 5.75 Å². The summed E-state index contributed by atoms with van der Waals surface area (Å²) in [7, 11) is 1.63.